The van der Waals surface area contributed by atoms with Gasteiger partial charge in [0.05, 0.1) is 21.3 Å². The Morgan fingerprint density at radius 3 is 2.18 bits per heavy atom. The van der Waals surface area contributed by atoms with Crippen molar-refractivity contribution in [1.29, 1.82) is 0 Å². The van der Waals surface area contributed by atoms with Gasteiger partial charge < -0.3 is 14.2 Å². The molecular formula is C20H26N2O5S. The average Bonchev–Trinajstić information content (AvgIpc) is 2.73. The van der Waals surface area contributed by atoms with Gasteiger partial charge in [-0.15, -0.1) is 0 Å². The van der Waals surface area contributed by atoms with Crippen molar-refractivity contribution in [2.75, 3.05) is 47.5 Å². The average molecular weight is 407 g/mol. The Hall–Kier alpha value is -2.29. The molecular weight excluding hydrogens is 380 g/mol. The van der Waals surface area contributed by atoms with Crippen molar-refractivity contribution in [1.82, 2.24) is 9.21 Å². The smallest absolute Gasteiger partial charge is 0.246 e. The van der Waals surface area contributed by atoms with Crippen LogP contribution in [0, 0.1) is 0 Å². The van der Waals surface area contributed by atoms with Gasteiger partial charge in [-0.05, 0) is 29.8 Å². The van der Waals surface area contributed by atoms with Gasteiger partial charge in [0, 0.05) is 38.8 Å². The Balaban J connectivity index is 1.70. The van der Waals surface area contributed by atoms with E-state index in [1.807, 2.05) is 24.3 Å². The molecule has 0 N–H and O–H groups in total. The summed E-state index contributed by atoms with van der Waals surface area (Å²) in [5.41, 5.74) is 1.14. The van der Waals surface area contributed by atoms with Crippen LogP contribution in [0.5, 0.6) is 17.2 Å². The fourth-order valence-electron chi connectivity index (χ4n) is 3.28. The summed E-state index contributed by atoms with van der Waals surface area (Å²) in [6.45, 7) is 2.92. The van der Waals surface area contributed by atoms with Gasteiger partial charge in [0.25, 0.3) is 0 Å². The molecule has 2 aromatic rings. The highest BCUT2D eigenvalue weighted by molar-refractivity contribution is 7.89. The van der Waals surface area contributed by atoms with E-state index in [0.29, 0.717) is 37.7 Å². The molecule has 2 aromatic carbocycles. The van der Waals surface area contributed by atoms with Crippen LogP contribution < -0.4 is 14.2 Å². The minimum Gasteiger partial charge on any atom is -0.497 e. The maximum absolute atomic E-state index is 13.1. The number of rotatable bonds is 7. The Kier molecular flexibility index (Phi) is 6.43. The molecule has 1 fully saturated rings. The quantitative estimate of drug-likeness (QED) is 0.702. The van der Waals surface area contributed by atoms with Gasteiger partial charge in [0.1, 0.15) is 22.1 Å². The van der Waals surface area contributed by atoms with Crippen LogP contribution in [0.2, 0.25) is 0 Å². The predicted octanol–water partition coefficient (Wildman–Crippen LogP) is 2.22. The van der Waals surface area contributed by atoms with E-state index in [2.05, 4.69) is 4.90 Å². The first-order chi connectivity index (χ1) is 13.5. The number of piperazine rings is 1. The number of hydrogen-bond acceptors (Lipinski definition) is 6. The molecule has 0 unspecified atom stereocenters. The number of sulfonamides is 1. The van der Waals surface area contributed by atoms with Gasteiger partial charge in [-0.3, -0.25) is 4.90 Å². The van der Waals surface area contributed by atoms with Gasteiger partial charge in [-0.2, -0.15) is 4.31 Å². The first kappa shape index (κ1) is 20.4. The van der Waals surface area contributed by atoms with Crippen molar-refractivity contribution in [2.24, 2.45) is 0 Å². The van der Waals surface area contributed by atoms with Crippen molar-refractivity contribution in [2.45, 2.75) is 11.4 Å². The molecule has 0 aromatic heterocycles. The molecule has 1 aliphatic rings. The van der Waals surface area contributed by atoms with E-state index < -0.39 is 10.0 Å². The fraction of sp³-hybridized carbons (Fsp3) is 0.400. The fourth-order valence-corrected chi connectivity index (χ4v) is 4.87. The zero-order valence-electron chi connectivity index (χ0n) is 16.4. The maximum Gasteiger partial charge on any atom is 0.246 e. The molecule has 1 aliphatic heterocycles. The molecule has 3 rings (SSSR count). The van der Waals surface area contributed by atoms with Crippen LogP contribution in [-0.4, -0.2) is 65.1 Å². The first-order valence-corrected chi connectivity index (χ1v) is 10.5. The Morgan fingerprint density at radius 2 is 1.54 bits per heavy atom. The summed E-state index contributed by atoms with van der Waals surface area (Å²) in [7, 11) is 0.960. The van der Waals surface area contributed by atoms with Crippen molar-refractivity contribution < 1.29 is 22.6 Å². The van der Waals surface area contributed by atoms with Crippen LogP contribution in [0.3, 0.4) is 0 Å². The normalized spacial score (nSPS) is 16.0. The van der Waals surface area contributed by atoms with E-state index >= 15 is 0 Å². The van der Waals surface area contributed by atoms with E-state index in [-0.39, 0.29) is 4.90 Å². The number of methoxy groups -OCH3 is 3. The zero-order valence-corrected chi connectivity index (χ0v) is 17.2. The molecule has 0 radical (unpaired) electrons. The van der Waals surface area contributed by atoms with E-state index in [4.69, 9.17) is 14.2 Å². The predicted molar refractivity (Wildman–Crippen MR) is 107 cm³/mol. The lowest BCUT2D eigenvalue weighted by Crippen LogP contribution is -2.48. The standard InChI is InChI=1S/C20H26N2O5S/c1-25-17-6-4-5-16(13-17)15-21-9-11-22(12-10-21)28(23,24)20-14-18(26-2)7-8-19(20)27-3/h4-8,13-14H,9-12,15H2,1-3H3. The molecule has 0 spiro atoms. The highest BCUT2D eigenvalue weighted by atomic mass is 32.2. The summed E-state index contributed by atoms with van der Waals surface area (Å²) >= 11 is 0. The number of ether oxygens (including phenoxy) is 3. The molecule has 0 amide bonds. The Bertz CT molecular complexity index is 909. The maximum atomic E-state index is 13.1. The minimum atomic E-state index is -3.66. The van der Waals surface area contributed by atoms with Crippen molar-refractivity contribution >= 4 is 10.0 Å². The lowest BCUT2D eigenvalue weighted by molar-refractivity contribution is 0.181. The van der Waals surface area contributed by atoms with Crippen LogP contribution in [-0.2, 0) is 16.6 Å². The molecule has 1 saturated heterocycles. The van der Waals surface area contributed by atoms with Crippen LogP contribution in [0.25, 0.3) is 0 Å². The molecule has 152 valence electrons. The van der Waals surface area contributed by atoms with Gasteiger partial charge >= 0.3 is 0 Å². The highest BCUT2D eigenvalue weighted by Gasteiger charge is 2.31. The SMILES string of the molecule is COc1cccc(CN2CCN(S(=O)(=O)c3cc(OC)ccc3OC)CC2)c1. The van der Waals surface area contributed by atoms with Gasteiger partial charge in [-0.1, -0.05) is 12.1 Å². The van der Waals surface area contributed by atoms with Crippen LogP contribution >= 0.6 is 0 Å². The largest absolute Gasteiger partial charge is 0.497 e. The van der Waals surface area contributed by atoms with Crippen LogP contribution in [0.4, 0.5) is 0 Å². The summed E-state index contributed by atoms with van der Waals surface area (Å²) in [6.07, 6.45) is 0. The van der Waals surface area contributed by atoms with Crippen LogP contribution in [0.15, 0.2) is 47.4 Å². The van der Waals surface area contributed by atoms with E-state index in [9.17, 15) is 8.42 Å². The van der Waals surface area contributed by atoms with Gasteiger partial charge in [-0.25, -0.2) is 8.42 Å². The lowest BCUT2D eigenvalue weighted by atomic mass is 10.2. The van der Waals surface area contributed by atoms with Crippen molar-refractivity contribution in [3.8, 4) is 17.2 Å². The van der Waals surface area contributed by atoms with Crippen molar-refractivity contribution in [3.63, 3.8) is 0 Å². The first-order valence-electron chi connectivity index (χ1n) is 9.05. The highest BCUT2D eigenvalue weighted by Crippen LogP contribution is 2.31. The van der Waals surface area contributed by atoms with E-state index in [0.717, 1.165) is 17.9 Å². The van der Waals surface area contributed by atoms with E-state index in [1.54, 1.807) is 19.2 Å². The van der Waals surface area contributed by atoms with Crippen molar-refractivity contribution in [3.05, 3.63) is 48.0 Å². The second-order valence-electron chi connectivity index (χ2n) is 6.55. The molecule has 0 atom stereocenters. The molecule has 1 heterocycles. The Labute approximate surface area is 166 Å². The molecule has 7 nitrogen and oxygen atoms in total. The summed E-state index contributed by atoms with van der Waals surface area (Å²) in [4.78, 5) is 2.37. The Morgan fingerprint density at radius 1 is 0.857 bits per heavy atom. The van der Waals surface area contributed by atoms with E-state index in [1.165, 1.54) is 24.6 Å². The lowest BCUT2D eigenvalue weighted by Gasteiger charge is -2.34. The second-order valence-corrected chi connectivity index (χ2v) is 8.45. The summed E-state index contributed by atoms with van der Waals surface area (Å²) in [5.74, 6) is 1.62. The van der Waals surface area contributed by atoms with Crippen LogP contribution in [0.1, 0.15) is 5.56 Å². The summed E-state index contributed by atoms with van der Waals surface area (Å²) < 4.78 is 43.5. The topological polar surface area (TPSA) is 68.3 Å². The molecule has 0 aliphatic carbocycles. The van der Waals surface area contributed by atoms with Gasteiger partial charge in [0.15, 0.2) is 0 Å². The number of benzene rings is 2. The number of nitrogens with zero attached hydrogens (tertiary/aromatic N) is 2. The molecule has 28 heavy (non-hydrogen) atoms. The molecule has 0 saturated carbocycles. The third-order valence-electron chi connectivity index (χ3n) is 4.86. The second kappa shape index (κ2) is 8.81. The third kappa shape index (κ3) is 4.40. The summed E-state index contributed by atoms with van der Waals surface area (Å²) in [5, 5.41) is 0. The number of hydrogen-bond donors (Lipinski definition) is 0. The third-order valence-corrected chi connectivity index (χ3v) is 6.78. The monoisotopic (exact) mass is 406 g/mol. The zero-order chi connectivity index (χ0) is 20.1. The summed E-state index contributed by atoms with van der Waals surface area (Å²) in [6, 6.07) is 12.7. The van der Waals surface area contributed by atoms with Gasteiger partial charge in [0.2, 0.25) is 10.0 Å². The molecule has 8 heteroatoms. The minimum absolute atomic E-state index is 0.135. The molecule has 0 bridgehead atoms.